The second-order valence-corrected chi connectivity index (χ2v) is 6.37. The zero-order valence-corrected chi connectivity index (χ0v) is 16.2. The van der Waals surface area contributed by atoms with Crippen LogP contribution >= 0.6 is 0 Å². The van der Waals surface area contributed by atoms with Crippen LogP contribution in [0.5, 0.6) is 11.5 Å². The number of benzene rings is 3. The van der Waals surface area contributed by atoms with Crippen molar-refractivity contribution < 1.29 is 24.2 Å². The summed E-state index contributed by atoms with van der Waals surface area (Å²) < 4.78 is 11.7. The highest BCUT2D eigenvalue weighted by molar-refractivity contribution is 5.94. The molecule has 0 bridgehead atoms. The van der Waals surface area contributed by atoms with Gasteiger partial charge in [-0.15, -0.1) is 0 Å². The third-order valence-corrected chi connectivity index (χ3v) is 4.21. The minimum Gasteiger partial charge on any atom is -0.489 e. The van der Waals surface area contributed by atoms with Crippen molar-refractivity contribution in [2.45, 2.75) is 13.2 Å². The van der Waals surface area contributed by atoms with Crippen LogP contribution in [-0.4, -0.2) is 17.5 Å². The number of aliphatic carboxylic acids is 1. The molecule has 1 amide bonds. The fourth-order valence-corrected chi connectivity index (χ4v) is 2.72. The van der Waals surface area contributed by atoms with Gasteiger partial charge in [0.05, 0.1) is 0 Å². The van der Waals surface area contributed by atoms with E-state index in [-0.39, 0.29) is 5.70 Å². The van der Waals surface area contributed by atoms with Crippen LogP contribution < -0.4 is 14.8 Å². The summed E-state index contributed by atoms with van der Waals surface area (Å²) in [7, 11) is 0. The second-order valence-electron chi connectivity index (χ2n) is 6.37. The summed E-state index contributed by atoms with van der Waals surface area (Å²) in [5.41, 5.74) is 2.19. The molecule has 152 valence electrons. The molecule has 3 aromatic rings. The predicted octanol–water partition coefficient (Wildman–Crippen LogP) is 4.02. The SMILES string of the molecule is O=CNC(=Cc1cc(OCc2ccccc2)ccc1OCc1ccccc1)C(=O)O. The number of rotatable bonds is 10. The monoisotopic (exact) mass is 403 g/mol. The molecule has 0 spiro atoms. The van der Waals surface area contributed by atoms with Crippen LogP contribution in [0.1, 0.15) is 16.7 Å². The molecule has 0 aliphatic rings. The van der Waals surface area contributed by atoms with Gasteiger partial charge in [0.25, 0.3) is 0 Å². The van der Waals surface area contributed by atoms with Gasteiger partial charge in [-0.25, -0.2) is 4.79 Å². The molecule has 30 heavy (non-hydrogen) atoms. The molecule has 0 aliphatic carbocycles. The van der Waals surface area contributed by atoms with Crippen molar-refractivity contribution in [2.75, 3.05) is 0 Å². The first-order chi connectivity index (χ1) is 14.7. The Labute approximate surface area is 174 Å². The van der Waals surface area contributed by atoms with Gasteiger partial charge in [0.2, 0.25) is 6.41 Å². The lowest BCUT2D eigenvalue weighted by atomic mass is 10.1. The highest BCUT2D eigenvalue weighted by Gasteiger charge is 2.11. The van der Waals surface area contributed by atoms with Gasteiger partial charge in [-0.1, -0.05) is 60.7 Å². The third-order valence-electron chi connectivity index (χ3n) is 4.21. The summed E-state index contributed by atoms with van der Waals surface area (Å²) in [5, 5.41) is 11.5. The first-order valence-corrected chi connectivity index (χ1v) is 9.28. The molecule has 3 rings (SSSR count). The normalized spacial score (nSPS) is 10.9. The van der Waals surface area contributed by atoms with E-state index >= 15 is 0 Å². The average Bonchev–Trinajstić information content (AvgIpc) is 2.78. The highest BCUT2D eigenvalue weighted by Crippen LogP contribution is 2.28. The molecule has 0 radical (unpaired) electrons. The Balaban J connectivity index is 1.85. The number of carbonyl (C=O) groups excluding carboxylic acids is 1. The number of amides is 1. The molecule has 0 fully saturated rings. The molecule has 2 N–H and O–H groups in total. The maximum absolute atomic E-state index is 11.4. The summed E-state index contributed by atoms with van der Waals surface area (Å²) in [6.07, 6.45) is 1.66. The first-order valence-electron chi connectivity index (χ1n) is 9.28. The fraction of sp³-hybridized carbons (Fsp3) is 0.0833. The lowest BCUT2D eigenvalue weighted by Crippen LogP contribution is -2.18. The lowest BCUT2D eigenvalue weighted by Gasteiger charge is -2.13. The second kappa shape index (κ2) is 10.5. The summed E-state index contributed by atoms with van der Waals surface area (Å²) >= 11 is 0. The van der Waals surface area contributed by atoms with Gasteiger partial charge < -0.3 is 19.9 Å². The van der Waals surface area contributed by atoms with E-state index in [2.05, 4.69) is 5.32 Å². The Bertz CT molecular complexity index is 1020. The van der Waals surface area contributed by atoms with Gasteiger partial charge in [0.1, 0.15) is 30.4 Å². The molecule has 6 nitrogen and oxygen atoms in total. The lowest BCUT2D eigenvalue weighted by molar-refractivity contribution is -0.133. The number of ether oxygens (including phenoxy) is 2. The molecule has 6 heteroatoms. The number of nitrogens with one attached hydrogen (secondary N) is 1. The zero-order valence-electron chi connectivity index (χ0n) is 16.2. The first kappa shape index (κ1) is 20.7. The number of carboxylic acids is 1. The van der Waals surface area contributed by atoms with E-state index in [4.69, 9.17) is 9.47 Å². The van der Waals surface area contributed by atoms with Crippen molar-refractivity contribution >= 4 is 18.5 Å². The van der Waals surface area contributed by atoms with Crippen LogP contribution in [-0.2, 0) is 22.8 Å². The average molecular weight is 403 g/mol. The van der Waals surface area contributed by atoms with Gasteiger partial charge in [-0.3, -0.25) is 4.79 Å². The van der Waals surface area contributed by atoms with Crippen molar-refractivity contribution in [3.05, 3.63) is 101 Å². The van der Waals surface area contributed by atoms with E-state index in [1.807, 2.05) is 60.7 Å². The maximum atomic E-state index is 11.4. The Morgan fingerprint density at radius 1 is 0.867 bits per heavy atom. The van der Waals surface area contributed by atoms with Crippen molar-refractivity contribution in [2.24, 2.45) is 0 Å². The fourth-order valence-electron chi connectivity index (χ4n) is 2.72. The third kappa shape index (κ3) is 5.97. The van der Waals surface area contributed by atoms with E-state index in [0.717, 1.165) is 11.1 Å². The molecule has 0 saturated carbocycles. The minimum atomic E-state index is -1.26. The van der Waals surface area contributed by atoms with Crippen molar-refractivity contribution in [3.63, 3.8) is 0 Å². The van der Waals surface area contributed by atoms with E-state index in [9.17, 15) is 14.7 Å². The highest BCUT2D eigenvalue weighted by atomic mass is 16.5. The van der Waals surface area contributed by atoms with Gasteiger partial charge in [0, 0.05) is 5.56 Å². The van der Waals surface area contributed by atoms with E-state index in [1.165, 1.54) is 6.08 Å². The van der Waals surface area contributed by atoms with Crippen LogP contribution in [0.25, 0.3) is 6.08 Å². The summed E-state index contributed by atoms with van der Waals surface area (Å²) in [4.78, 5) is 22.2. The topological polar surface area (TPSA) is 84.9 Å². The Morgan fingerprint density at radius 2 is 1.47 bits per heavy atom. The molecule has 0 aliphatic heterocycles. The minimum absolute atomic E-state index is 0.269. The van der Waals surface area contributed by atoms with Gasteiger partial charge in [-0.05, 0) is 35.4 Å². The van der Waals surface area contributed by atoms with Gasteiger partial charge in [0.15, 0.2) is 0 Å². The predicted molar refractivity (Wildman–Crippen MR) is 113 cm³/mol. The molecular weight excluding hydrogens is 382 g/mol. The summed E-state index contributed by atoms with van der Waals surface area (Å²) in [5.74, 6) is -0.239. The smallest absolute Gasteiger partial charge is 0.352 e. The summed E-state index contributed by atoms with van der Waals surface area (Å²) in [6.45, 7) is 0.683. The van der Waals surface area contributed by atoms with Crippen LogP contribution in [0, 0.1) is 0 Å². The molecule has 0 unspecified atom stereocenters. The van der Waals surface area contributed by atoms with Crippen molar-refractivity contribution in [3.8, 4) is 11.5 Å². The Hall–Kier alpha value is -4.06. The largest absolute Gasteiger partial charge is 0.489 e. The van der Waals surface area contributed by atoms with Crippen molar-refractivity contribution in [1.82, 2.24) is 5.32 Å². The van der Waals surface area contributed by atoms with E-state index in [1.54, 1.807) is 18.2 Å². The molecular formula is C24H21NO5. The molecule has 0 heterocycles. The molecule has 3 aromatic carbocycles. The quantitative estimate of drug-likeness (QED) is 0.395. The Kier molecular flexibility index (Phi) is 7.22. The summed E-state index contributed by atoms with van der Waals surface area (Å²) in [6, 6.07) is 24.5. The number of hydrogen-bond acceptors (Lipinski definition) is 4. The number of carboxylic acid groups (broad SMARTS) is 1. The molecule has 0 saturated heterocycles. The molecule has 0 aromatic heterocycles. The van der Waals surface area contributed by atoms with E-state index in [0.29, 0.717) is 36.7 Å². The van der Waals surface area contributed by atoms with Crippen LogP contribution in [0.2, 0.25) is 0 Å². The number of carbonyl (C=O) groups is 2. The van der Waals surface area contributed by atoms with E-state index < -0.39 is 5.97 Å². The van der Waals surface area contributed by atoms with Crippen molar-refractivity contribution in [1.29, 1.82) is 0 Å². The van der Waals surface area contributed by atoms with Gasteiger partial charge >= 0.3 is 5.97 Å². The molecule has 0 atom stereocenters. The van der Waals surface area contributed by atoms with Crippen LogP contribution in [0.3, 0.4) is 0 Å². The maximum Gasteiger partial charge on any atom is 0.352 e. The van der Waals surface area contributed by atoms with Crippen LogP contribution in [0.4, 0.5) is 0 Å². The number of hydrogen-bond donors (Lipinski definition) is 2. The standard InChI is InChI=1S/C24H21NO5/c26-17-25-22(24(27)28)14-20-13-21(29-15-18-7-3-1-4-8-18)11-12-23(20)30-16-19-9-5-2-6-10-19/h1-14,17H,15-16H2,(H,25,26)(H,27,28). The zero-order chi connectivity index (χ0) is 21.2. The van der Waals surface area contributed by atoms with Gasteiger partial charge in [-0.2, -0.15) is 0 Å². The van der Waals surface area contributed by atoms with Crippen LogP contribution in [0.15, 0.2) is 84.6 Å². The Morgan fingerprint density at radius 3 is 2.03 bits per heavy atom.